The maximum absolute atomic E-state index is 11.9. The van der Waals surface area contributed by atoms with Crippen molar-refractivity contribution < 1.29 is 14.3 Å². The van der Waals surface area contributed by atoms with E-state index in [1.807, 2.05) is 0 Å². The minimum Gasteiger partial charge on any atom is -0.379 e. The zero-order valence-corrected chi connectivity index (χ0v) is 17.3. The van der Waals surface area contributed by atoms with E-state index in [4.69, 9.17) is 4.74 Å². The molecule has 3 aliphatic rings. The van der Waals surface area contributed by atoms with Gasteiger partial charge in [-0.15, -0.1) is 0 Å². The van der Waals surface area contributed by atoms with Gasteiger partial charge in [-0.2, -0.15) is 19.6 Å². The molecule has 2 aromatic rings. The number of rotatable bonds is 8. The van der Waals surface area contributed by atoms with Crippen LogP contribution in [0.4, 0.5) is 11.9 Å². The molecule has 0 radical (unpaired) electrons. The lowest BCUT2D eigenvalue weighted by Gasteiger charge is -2.26. The van der Waals surface area contributed by atoms with Crippen LogP contribution in [0.1, 0.15) is 31.2 Å². The lowest BCUT2D eigenvalue weighted by molar-refractivity contribution is -0.124. The van der Waals surface area contributed by atoms with Crippen LogP contribution in [0.3, 0.4) is 0 Å². The van der Waals surface area contributed by atoms with E-state index in [2.05, 4.69) is 35.9 Å². The summed E-state index contributed by atoms with van der Waals surface area (Å²) < 4.78 is 7.04. The van der Waals surface area contributed by atoms with Crippen molar-refractivity contribution in [2.24, 2.45) is 0 Å². The van der Waals surface area contributed by atoms with Crippen molar-refractivity contribution >= 4 is 35.4 Å². The molecule has 0 atom stereocenters. The summed E-state index contributed by atoms with van der Waals surface area (Å²) in [5.74, 6) is 0.488. The van der Waals surface area contributed by atoms with Crippen LogP contribution in [0.15, 0.2) is 11.8 Å². The highest BCUT2D eigenvalue weighted by Crippen LogP contribution is 2.26. The monoisotopic (exact) mass is 426 g/mol. The Morgan fingerprint density at radius 1 is 1.23 bits per heavy atom. The van der Waals surface area contributed by atoms with Crippen molar-refractivity contribution in [3.63, 3.8) is 0 Å². The molecule has 1 saturated carbocycles. The Hall–Kier alpha value is -3.05. The number of fused-ring (bicyclic) bond motifs is 1. The van der Waals surface area contributed by atoms with Gasteiger partial charge in [-0.05, 0) is 31.9 Å². The van der Waals surface area contributed by atoms with E-state index in [0.717, 1.165) is 58.7 Å². The molecule has 31 heavy (non-hydrogen) atoms. The Balaban J connectivity index is 1.34. The molecule has 2 aromatic heterocycles. The van der Waals surface area contributed by atoms with E-state index < -0.39 is 0 Å². The van der Waals surface area contributed by atoms with Crippen LogP contribution >= 0.6 is 0 Å². The largest absolute Gasteiger partial charge is 0.379 e. The Bertz CT molecular complexity index is 1020. The molecule has 4 heterocycles. The van der Waals surface area contributed by atoms with Gasteiger partial charge in [0.05, 0.1) is 25.8 Å². The zero-order valence-electron chi connectivity index (χ0n) is 17.3. The summed E-state index contributed by atoms with van der Waals surface area (Å²) in [4.78, 5) is 35.1. The molecular weight excluding hydrogens is 400 g/mol. The van der Waals surface area contributed by atoms with Crippen molar-refractivity contribution in [1.82, 2.24) is 29.8 Å². The third-order valence-electron chi connectivity index (χ3n) is 5.57. The average molecular weight is 426 g/mol. The summed E-state index contributed by atoms with van der Waals surface area (Å²) in [5.41, 5.74) is 1.68. The number of hydrogen-bond acceptors (Lipinski definition) is 9. The maximum Gasteiger partial charge on any atom is 0.254 e. The summed E-state index contributed by atoms with van der Waals surface area (Å²) in [6.07, 6.45) is 6.58. The van der Waals surface area contributed by atoms with Crippen LogP contribution < -0.4 is 16.0 Å². The minimum absolute atomic E-state index is 0.0705. The number of carbonyl (C=O) groups excluding carboxylic acids is 2. The summed E-state index contributed by atoms with van der Waals surface area (Å²) in [6.45, 7) is 5.29. The molecule has 2 amide bonds. The molecule has 1 aliphatic carbocycles. The molecule has 11 heteroatoms. The third-order valence-corrected chi connectivity index (χ3v) is 5.57. The normalized spacial score (nSPS) is 21.1. The fraction of sp³-hybridized carbons (Fsp3) is 0.550. The lowest BCUT2D eigenvalue weighted by atomic mass is 10.1. The van der Waals surface area contributed by atoms with Gasteiger partial charge in [0.25, 0.3) is 5.91 Å². The number of carbonyl (C=O) groups is 2. The van der Waals surface area contributed by atoms with Crippen molar-refractivity contribution in [2.75, 3.05) is 50.0 Å². The van der Waals surface area contributed by atoms with E-state index >= 15 is 0 Å². The summed E-state index contributed by atoms with van der Waals surface area (Å²) in [5, 5.41) is 13.4. The third kappa shape index (κ3) is 4.67. The molecule has 5 rings (SSSR count). The highest BCUT2D eigenvalue weighted by atomic mass is 16.5. The van der Waals surface area contributed by atoms with E-state index in [1.54, 1.807) is 16.8 Å². The van der Waals surface area contributed by atoms with Gasteiger partial charge in [-0.3, -0.25) is 19.8 Å². The van der Waals surface area contributed by atoms with Crippen LogP contribution in [-0.4, -0.2) is 81.7 Å². The van der Waals surface area contributed by atoms with Gasteiger partial charge in [-0.1, -0.05) is 0 Å². The van der Waals surface area contributed by atoms with Gasteiger partial charge in [0.1, 0.15) is 0 Å². The predicted octanol–water partition coefficient (Wildman–Crippen LogP) is 0.263. The molecular formula is C20H26N8O3. The second-order valence-corrected chi connectivity index (χ2v) is 8.08. The van der Waals surface area contributed by atoms with Crippen molar-refractivity contribution in [3.8, 4) is 0 Å². The summed E-state index contributed by atoms with van der Waals surface area (Å²) >= 11 is 0. The first kappa shape index (κ1) is 19.9. The molecule has 3 fully saturated rings. The van der Waals surface area contributed by atoms with Gasteiger partial charge in [-0.25, -0.2) is 0 Å². The predicted molar refractivity (Wildman–Crippen MR) is 114 cm³/mol. The number of hydrogen-bond donors (Lipinski definition) is 3. The Kier molecular flexibility index (Phi) is 5.51. The first-order valence-corrected chi connectivity index (χ1v) is 10.8. The van der Waals surface area contributed by atoms with E-state index in [-0.39, 0.29) is 18.2 Å². The number of nitrogens with one attached hydrogen (secondary N) is 3. The number of ether oxygens (including phenoxy) is 1. The quantitative estimate of drug-likeness (QED) is 0.310. The van der Waals surface area contributed by atoms with Crippen molar-refractivity contribution in [2.45, 2.75) is 31.7 Å². The van der Waals surface area contributed by atoms with Crippen LogP contribution in [0.2, 0.25) is 0 Å². The van der Waals surface area contributed by atoms with Gasteiger partial charge in [0.2, 0.25) is 17.8 Å². The first-order chi connectivity index (χ1) is 15.2. The molecule has 0 spiro atoms. The molecule has 2 aliphatic heterocycles. The van der Waals surface area contributed by atoms with Gasteiger partial charge in [0, 0.05) is 36.8 Å². The van der Waals surface area contributed by atoms with Crippen LogP contribution in [0, 0.1) is 0 Å². The second kappa shape index (κ2) is 8.60. The smallest absolute Gasteiger partial charge is 0.254 e. The van der Waals surface area contributed by atoms with Crippen molar-refractivity contribution in [3.05, 3.63) is 17.3 Å². The van der Waals surface area contributed by atoms with Crippen molar-refractivity contribution in [1.29, 1.82) is 0 Å². The first-order valence-electron chi connectivity index (χ1n) is 10.8. The number of amides is 2. The second-order valence-electron chi connectivity index (χ2n) is 8.08. The molecule has 0 unspecified atom stereocenters. The molecule has 3 N–H and O–H groups in total. The average Bonchev–Trinajstić information content (AvgIpc) is 3.40. The molecule has 11 nitrogen and oxygen atoms in total. The van der Waals surface area contributed by atoms with Crippen LogP contribution in [0.5, 0.6) is 0 Å². The number of morpholine rings is 1. The zero-order chi connectivity index (χ0) is 21.2. The van der Waals surface area contributed by atoms with E-state index in [1.165, 1.54) is 0 Å². The van der Waals surface area contributed by atoms with Gasteiger partial charge >= 0.3 is 0 Å². The standard InChI is InChI=1S/C20H26N8O3/c29-16-11-13(18(30)24-16)10-14-12-22-28-17(14)25-19(26-20(28)23-15-2-3-15)21-4-1-5-27-6-8-31-9-7-27/h10,12,15H,1-9,11H2,(H,24,29,30)(H2,21,23,25,26)/b13-10+. The number of imide groups is 1. The summed E-state index contributed by atoms with van der Waals surface area (Å²) in [6, 6.07) is 0.400. The fourth-order valence-corrected chi connectivity index (χ4v) is 3.72. The SMILES string of the molecule is O=C1C/C(=C\c2cnn3c(NC4CC4)nc(NCCCN4CCOCC4)nc23)C(=O)N1. The minimum atomic E-state index is -0.365. The van der Waals surface area contributed by atoms with Crippen LogP contribution in [-0.2, 0) is 14.3 Å². The summed E-state index contributed by atoms with van der Waals surface area (Å²) in [7, 11) is 0. The number of anilines is 2. The van der Waals surface area contributed by atoms with E-state index in [9.17, 15) is 9.59 Å². The lowest BCUT2D eigenvalue weighted by Crippen LogP contribution is -2.37. The maximum atomic E-state index is 11.9. The number of nitrogens with zero attached hydrogens (tertiary/aromatic N) is 5. The topological polar surface area (TPSA) is 126 Å². The van der Waals surface area contributed by atoms with Gasteiger partial charge < -0.3 is 15.4 Å². The van der Waals surface area contributed by atoms with Gasteiger partial charge in [0.15, 0.2) is 5.65 Å². The number of aromatic nitrogens is 4. The van der Waals surface area contributed by atoms with E-state index in [0.29, 0.717) is 34.7 Å². The fourth-order valence-electron chi connectivity index (χ4n) is 3.72. The molecule has 0 aromatic carbocycles. The Morgan fingerprint density at radius 3 is 2.81 bits per heavy atom. The molecule has 0 bridgehead atoms. The molecule has 164 valence electrons. The van der Waals surface area contributed by atoms with Crippen LogP contribution in [0.25, 0.3) is 11.7 Å². The highest BCUT2D eigenvalue weighted by Gasteiger charge is 2.26. The Labute approximate surface area is 179 Å². The molecule has 2 saturated heterocycles. The Morgan fingerprint density at radius 2 is 2.06 bits per heavy atom. The highest BCUT2D eigenvalue weighted by molar-refractivity contribution is 6.15.